The first-order valence-electron chi connectivity index (χ1n) is 12.3. The number of ether oxygens (including phenoxy) is 1. The van der Waals surface area contributed by atoms with Crippen LogP contribution in [0.15, 0.2) is 59.6 Å². The molecule has 40 heavy (non-hydrogen) atoms. The second kappa shape index (κ2) is 12.3. The number of aliphatic imine (C=N–C) groups is 1. The van der Waals surface area contributed by atoms with Crippen LogP contribution in [0.2, 0.25) is 0 Å². The van der Waals surface area contributed by atoms with Crippen LogP contribution in [0.25, 0.3) is 0 Å². The number of anilines is 1. The number of primary amides is 1. The number of fused-ring (bicyclic) bond motifs is 1. The van der Waals surface area contributed by atoms with Gasteiger partial charge in [-0.15, -0.1) is 0 Å². The van der Waals surface area contributed by atoms with Gasteiger partial charge in [0.1, 0.15) is 5.54 Å². The minimum Gasteiger partial charge on any atom is -0.442 e. The van der Waals surface area contributed by atoms with Crippen molar-refractivity contribution in [1.29, 1.82) is 0 Å². The first-order chi connectivity index (χ1) is 18.7. The third-order valence-electron chi connectivity index (χ3n) is 5.98. The number of carbonyl (C=O) groups excluding carboxylic acids is 4. The molecule has 1 aliphatic heterocycles. The molecule has 0 spiro atoms. The van der Waals surface area contributed by atoms with Crippen molar-refractivity contribution >= 4 is 35.1 Å². The molecule has 0 aliphatic carbocycles. The molecule has 0 radical (unpaired) electrons. The topological polar surface area (TPSA) is 157 Å². The highest BCUT2D eigenvalue weighted by atomic mass is 19.4. The SMILES string of the molecule is CC(C)(N)C(=O)OCN1C(=O)[C@@H](NC(=O)[C@H](CCC(F)(F)F)CC(N)=O)N=C(c2ccccc2)c2ccccc21. The molecule has 1 aliphatic rings. The van der Waals surface area contributed by atoms with Gasteiger partial charge in [-0.05, 0) is 26.3 Å². The third kappa shape index (κ3) is 7.88. The normalized spacial score (nSPS) is 16.4. The number of nitrogens with zero attached hydrogens (tertiary/aromatic N) is 2. The van der Waals surface area contributed by atoms with Crippen LogP contribution in [0.1, 0.15) is 44.2 Å². The number of para-hydroxylation sites is 1. The van der Waals surface area contributed by atoms with Gasteiger partial charge >= 0.3 is 12.1 Å². The molecule has 0 bridgehead atoms. The van der Waals surface area contributed by atoms with E-state index in [9.17, 15) is 32.3 Å². The number of carbonyl (C=O) groups is 4. The van der Waals surface area contributed by atoms with E-state index in [0.717, 1.165) is 4.90 Å². The van der Waals surface area contributed by atoms with E-state index in [2.05, 4.69) is 10.3 Å². The summed E-state index contributed by atoms with van der Waals surface area (Å²) in [5, 5.41) is 2.37. The molecule has 1 heterocycles. The fraction of sp³-hybridized carbons (Fsp3) is 0.370. The number of hydrogen-bond acceptors (Lipinski definition) is 7. The van der Waals surface area contributed by atoms with E-state index in [-0.39, 0.29) is 0 Å². The summed E-state index contributed by atoms with van der Waals surface area (Å²) in [6.45, 7) is 2.26. The van der Waals surface area contributed by atoms with Crippen molar-refractivity contribution in [2.24, 2.45) is 22.4 Å². The zero-order chi connectivity index (χ0) is 29.7. The lowest BCUT2D eigenvalue weighted by Gasteiger charge is -2.27. The molecule has 3 amide bonds. The molecule has 5 N–H and O–H groups in total. The van der Waals surface area contributed by atoms with Crippen LogP contribution < -0.4 is 21.7 Å². The molecule has 0 unspecified atom stereocenters. The summed E-state index contributed by atoms with van der Waals surface area (Å²) in [5.74, 6) is -5.09. The Balaban J connectivity index is 2.04. The minimum absolute atomic E-state index is 0.296. The van der Waals surface area contributed by atoms with Gasteiger partial charge in [-0.2, -0.15) is 13.2 Å². The summed E-state index contributed by atoms with van der Waals surface area (Å²) in [6, 6.07) is 15.3. The largest absolute Gasteiger partial charge is 0.442 e. The molecule has 0 saturated carbocycles. The van der Waals surface area contributed by atoms with Crippen molar-refractivity contribution in [1.82, 2.24) is 5.32 Å². The Morgan fingerprint density at radius 3 is 2.30 bits per heavy atom. The van der Waals surface area contributed by atoms with Crippen LogP contribution in [0.4, 0.5) is 18.9 Å². The van der Waals surface area contributed by atoms with E-state index in [1.165, 1.54) is 13.8 Å². The Morgan fingerprint density at radius 2 is 1.70 bits per heavy atom. The average Bonchev–Trinajstić information content (AvgIpc) is 2.99. The van der Waals surface area contributed by atoms with Gasteiger partial charge in [-0.1, -0.05) is 48.5 Å². The molecule has 13 heteroatoms. The van der Waals surface area contributed by atoms with E-state index < -0.39 is 73.5 Å². The first-order valence-corrected chi connectivity index (χ1v) is 12.3. The van der Waals surface area contributed by atoms with Gasteiger partial charge in [0.25, 0.3) is 5.91 Å². The highest BCUT2D eigenvalue weighted by molar-refractivity contribution is 6.20. The summed E-state index contributed by atoms with van der Waals surface area (Å²) in [4.78, 5) is 56.3. The smallest absolute Gasteiger partial charge is 0.389 e. The van der Waals surface area contributed by atoms with E-state index >= 15 is 0 Å². The number of benzene rings is 2. The molecule has 0 fully saturated rings. The lowest BCUT2D eigenvalue weighted by molar-refractivity contribution is -0.149. The summed E-state index contributed by atoms with van der Waals surface area (Å²) in [7, 11) is 0. The van der Waals surface area contributed by atoms with E-state index in [1.54, 1.807) is 54.6 Å². The number of rotatable bonds is 10. The lowest BCUT2D eigenvalue weighted by Crippen LogP contribution is -2.51. The molecule has 2 aromatic rings. The van der Waals surface area contributed by atoms with E-state index in [4.69, 9.17) is 16.2 Å². The molecule has 0 saturated heterocycles. The van der Waals surface area contributed by atoms with E-state index in [1.807, 2.05) is 0 Å². The molecule has 0 aromatic heterocycles. The Morgan fingerprint density at radius 1 is 1.07 bits per heavy atom. The van der Waals surface area contributed by atoms with Gasteiger partial charge in [-0.3, -0.25) is 24.1 Å². The summed E-state index contributed by atoms with van der Waals surface area (Å²) in [6.07, 6.45) is -8.93. The molecule has 214 valence electrons. The maximum Gasteiger partial charge on any atom is 0.389 e. The number of benzodiazepines with no additional fused rings is 1. The average molecular weight is 562 g/mol. The highest BCUT2D eigenvalue weighted by Gasteiger charge is 2.37. The second-order valence-electron chi connectivity index (χ2n) is 9.84. The van der Waals surface area contributed by atoms with E-state index in [0.29, 0.717) is 22.5 Å². The zero-order valence-corrected chi connectivity index (χ0v) is 21.9. The van der Waals surface area contributed by atoms with Crippen LogP contribution in [-0.4, -0.2) is 54.0 Å². The van der Waals surface area contributed by atoms with Gasteiger partial charge in [0.05, 0.1) is 11.4 Å². The number of hydrogen-bond donors (Lipinski definition) is 3. The third-order valence-corrected chi connectivity index (χ3v) is 5.98. The van der Waals surface area contributed by atoms with Crippen molar-refractivity contribution in [3.8, 4) is 0 Å². The van der Waals surface area contributed by atoms with Gasteiger partial charge < -0.3 is 21.5 Å². The van der Waals surface area contributed by atoms with Gasteiger partial charge in [0, 0.05) is 29.9 Å². The Bertz CT molecular complexity index is 1290. The predicted molar refractivity (Wildman–Crippen MR) is 140 cm³/mol. The Kier molecular flexibility index (Phi) is 9.30. The molecular formula is C27H30F3N5O5. The van der Waals surface area contributed by atoms with Crippen LogP contribution in [0, 0.1) is 5.92 Å². The van der Waals surface area contributed by atoms with Gasteiger partial charge in [0.15, 0.2) is 6.73 Å². The maximum absolute atomic E-state index is 13.8. The lowest BCUT2D eigenvalue weighted by atomic mass is 9.97. The van der Waals surface area contributed by atoms with Gasteiger partial charge in [0.2, 0.25) is 18.0 Å². The van der Waals surface area contributed by atoms with Crippen molar-refractivity contribution in [3.05, 3.63) is 65.7 Å². The summed E-state index contributed by atoms with van der Waals surface area (Å²) < 4.78 is 43.9. The van der Waals surface area contributed by atoms with Gasteiger partial charge in [-0.25, -0.2) is 4.99 Å². The monoisotopic (exact) mass is 561 g/mol. The maximum atomic E-state index is 13.8. The number of nitrogens with one attached hydrogen (secondary N) is 1. The fourth-order valence-electron chi connectivity index (χ4n) is 3.95. The number of esters is 1. The van der Waals surface area contributed by atoms with Crippen LogP contribution in [0.5, 0.6) is 0 Å². The molecule has 2 aromatic carbocycles. The first kappa shape index (κ1) is 30.3. The van der Waals surface area contributed by atoms with Crippen LogP contribution in [-0.2, 0) is 23.9 Å². The van der Waals surface area contributed by atoms with Crippen molar-refractivity contribution in [2.75, 3.05) is 11.6 Å². The van der Waals surface area contributed by atoms with Crippen molar-refractivity contribution in [3.63, 3.8) is 0 Å². The number of amides is 3. The molecule has 10 nitrogen and oxygen atoms in total. The zero-order valence-electron chi connectivity index (χ0n) is 21.9. The van der Waals surface area contributed by atoms with Crippen molar-refractivity contribution < 1.29 is 37.1 Å². The molecule has 2 atom stereocenters. The second-order valence-corrected chi connectivity index (χ2v) is 9.84. The number of halogens is 3. The Hall–Kier alpha value is -4.26. The summed E-state index contributed by atoms with van der Waals surface area (Å²) in [5.41, 5.74) is 11.3. The Labute approximate surface area is 228 Å². The number of nitrogens with two attached hydrogens (primary N) is 2. The molecular weight excluding hydrogens is 531 g/mol. The number of alkyl halides is 3. The van der Waals surface area contributed by atoms with Crippen LogP contribution >= 0.6 is 0 Å². The minimum atomic E-state index is -4.58. The fourth-order valence-corrected chi connectivity index (χ4v) is 3.95. The predicted octanol–water partition coefficient (Wildman–Crippen LogP) is 2.39. The quantitative estimate of drug-likeness (QED) is 0.378. The molecule has 3 rings (SSSR count). The standard InChI is InChI=1S/C27H30F3N5O5/c1-26(2,32)25(39)40-15-35-19-11-7-6-10-18(19)21(16-8-4-3-5-9-16)33-22(24(35)38)34-23(37)17(14-20(31)36)12-13-27(28,29)30/h3-11,17,22H,12-15,32H2,1-2H3,(H2,31,36)(H,34,37)/t17-,22-/m1/s1. The van der Waals surface area contributed by atoms with Crippen molar-refractivity contribution in [2.45, 2.75) is 51.0 Å². The summed E-state index contributed by atoms with van der Waals surface area (Å²) >= 11 is 0. The highest BCUT2D eigenvalue weighted by Crippen LogP contribution is 2.29. The van der Waals surface area contributed by atoms with Crippen LogP contribution in [0.3, 0.4) is 0 Å².